The molecule has 0 atom stereocenters. The molecule has 2 heterocycles. The SMILES string of the molecule is O=C(Cc1ccc2[nH]ccc2c1)Nc1ncc[nH]1. The number of H-pyrrole nitrogens is 2. The summed E-state index contributed by atoms with van der Waals surface area (Å²) in [5.41, 5.74) is 2.05. The van der Waals surface area contributed by atoms with Crippen molar-refractivity contribution in [1.82, 2.24) is 15.0 Å². The van der Waals surface area contributed by atoms with E-state index in [2.05, 4.69) is 20.3 Å². The van der Waals surface area contributed by atoms with Gasteiger partial charge in [0.1, 0.15) is 0 Å². The van der Waals surface area contributed by atoms with Crippen LogP contribution in [0.3, 0.4) is 0 Å². The molecule has 5 nitrogen and oxygen atoms in total. The van der Waals surface area contributed by atoms with Gasteiger partial charge in [-0.25, -0.2) is 4.98 Å². The van der Waals surface area contributed by atoms with Gasteiger partial charge >= 0.3 is 0 Å². The molecule has 0 aliphatic rings. The number of nitrogens with one attached hydrogen (secondary N) is 3. The monoisotopic (exact) mass is 240 g/mol. The minimum absolute atomic E-state index is 0.0835. The molecule has 0 fully saturated rings. The molecule has 5 heteroatoms. The first-order valence-corrected chi connectivity index (χ1v) is 5.66. The summed E-state index contributed by atoms with van der Waals surface area (Å²) in [7, 11) is 0. The maximum absolute atomic E-state index is 11.8. The van der Waals surface area contributed by atoms with Crippen LogP contribution in [-0.4, -0.2) is 20.9 Å². The molecule has 0 bridgehead atoms. The number of carbonyl (C=O) groups is 1. The van der Waals surface area contributed by atoms with Crippen molar-refractivity contribution in [2.24, 2.45) is 0 Å². The minimum Gasteiger partial charge on any atom is -0.361 e. The Morgan fingerprint density at radius 3 is 3.00 bits per heavy atom. The zero-order chi connectivity index (χ0) is 12.4. The van der Waals surface area contributed by atoms with Crippen LogP contribution < -0.4 is 5.32 Å². The minimum atomic E-state index is -0.0835. The molecule has 0 aliphatic carbocycles. The second kappa shape index (κ2) is 4.37. The quantitative estimate of drug-likeness (QED) is 0.655. The lowest BCUT2D eigenvalue weighted by atomic mass is 10.1. The average molecular weight is 240 g/mol. The Hall–Kier alpha value is -2.56. The third kappa shape index (κ3) is 2.10. The van der Waals surface area contributed by atoms with E-state index in [0.717, 1.165) is 16.5 Å². The fourth-order valence-electron chi connectivity index (χ4n) is 1.91. The maximum Gasteiger partial charge on any atom is 0.231 e. The van der Waals surface area contributed by atoms with Crippen molar-refractivity contribution >= 4 is 22.8 Å². The van der Waals surface area contributed by atoms with Crippen molar-refractivity contribution in [1.29, 1.82) is 0 Å². The fourth-order valence-corrected chi connectivity index (χ4v) is 1.91. The number of imidazole rings is 1. The van der Waals surface area contributed by atoms with Crippen molar-refractivity contribution in [2.75, 3.05) is 5.32 Å². The van der Waals surface area contributed by atoms with E-state index in [0.29, 0.717) is 12.4 Å². The summed E-state index contributed by atoms with van der Waals surface area (Å²) < 4.78 is 0. The van der Waals surface area contributed by atoms with Gasteiger partial charge in [0, 0.05) is 24.1 Å². The predicted octanol–water partition coefficient (Wildman–Crippen LogP) is 2.07. The number of anilines is 1. The van der Waals surface area contributed by atoms with Crippen LogP contribution in [-0.2, 0) is 11.2 Å². The van der Waals surface area contributed by atoms with E-state index in [1.165, 1.54) is 0 Å². The van der Waals surface area contributed by atoms with E-state index in [-0.39, 0.29) is 5.91 Å². The second-order valence-electron chi connectivity index (χ2n) is 4.06. The zero-order valence-corrected chi connectivity index (χ0v) is 9.60. The lowest BCUT2D eigenvalue weighted by Gasteiger charge is -2.02. The van der Waals surface area contributed by atoms with Crippen LogP contribution in [0.4, 0.5) is 5.95 Å². The maximum atomic E-state index is 11.8. The van der Waals surface area contributed by atoms with Crippen molar-refractivity contribution in [3.63, 3.8) is 0 Å². The van der Waals surface area contributed by atoms with Gasteiger partial charge in [-0.15, -0.1) is 0 Å². The lowest BCUT2D eigenvalue weighted by Crippen LogP contribution is -2.15. The number of rotatable bonds is 3. The Balaban J connectivity index is 1.73. The van der Waals surface area contributed by atoms with Crippen molar-refractivity contribution in [2.45, 2.75) is 6.42 Å². The van der Waals surface area contributed by atoms with Crippen molar-refractivity contribution in [3.8, 4) is 0 Å². The second-order valence-corrected chi connectivity index (χ2v) is 4.06. The van der Waals surface area contributed by atoms with Gasteiger partial charge in [-0.05, 0) is 29.1 Å². The fraction of sp³-hybridized carbons (Fsp3) is 0.0769. The van der Waals surface area contributed by atoms with Gasteiger partial charge in [0.2, 0.25) is 11.9 Å². The van der Waals surface area contributed by atoms with E-state index < -0.39 is 0 Å². The summed E-state index contributed by atoms with van der Waals surface area (Å²) in [6, 6.07) is 7.92. The summed E-state index contributed by atoms with van der Waals surface area (Å²) in [5.74, 6) is 0.391. The number of aromatic nitrogens is 3. The summed E-state index contributed by atoms with van der Waals surface area (Å²) in [6.45, 7) is 0. The summed E-state index contributed by atoms with van der Waals surface area (Å²) in [6.07, 6.45) is 5.49. The first kappa shape index (κ1) is 10.6. The van der Waals surface area contributed by atoms with Gasteiger partial charge in [0.25, 0.3) is 0 Å². The standard InChI is InChI=1S/C13H12N4O/c18-12(17-13-15-5-6-16-13)8-9-1-2-11-10(7-9)3-4-14-11/h1-7,14H,8H2,(H2,15,16,17,18). The lowest BCUT2D eigenvalue weighted by molar-refractivity contribution is -0.115. The Bertz CT molecular complexity index is 669. The molecular weight excluding hydrogens is 228 g/mol. The van der Waals surface area contributed by atoms with Gasteiger partial charge in [-0.3, -0.25) is 10.1 Å². The number of benzene rings is 1. The number of hydrogen-bond donors (Lipinski definition) is 3. The molecule has 3 rings (SSSR count). The third-order valence-electron chi connectivity index (χ3n) is 2.74. The number of fused-ring (bicyclic) bond motifs is 1. The molecule has 0 spiro atoms. The van der Waals surface area contributed by atoms with Crippen LogP contribution in [0.25, 0.3) is 10.9 Å². The van der Waals surface area contributed by atoms with Crippen molar-refractivity contribution in [3.05, 3.63) is 48.4 Å². The van der Waals surface area contributed by atoms with Crippen molar-refractivity contribution < 1.29 is 4.79 Å². The summed E-state index contributed by atoms with van der Waals surface area (Å²) in [5, 5.41) is 3.81. The molecule has 3 aromatic rings. The molecule has 0 unspecified atom stereocenters. The van der Waals surface area contributed by atoms with Gasteiger partial charge in [0.05, 0.1) is 6.42 Å². The van der Waals surface area contributed by atoms with Gasteiger partial charge in [-0.1, -0.05) is 6.07 Å². The topological polar surface area (TPSA) is 73.6 Å². The molecule has 90 valence electrons. The normalized spacial score (nSPS) is 10.7. The number of nitrogens with zero attached hydrogens (tertiary/aromatic N) is 1. The molecule has 3 N–H and O–H groups in total. The summed E-state index contributed by atoms with van der Waals surface area (Å²) >= 11 is 0. The smallest absolute Gasteiger partial charge is 0.231 e. The predicted molar refractivity (Wildman–Crippen MR) is 69.2 cm³/mol. The average Bonchev–Trinajstić information content (AvgIpc) is 2.98. The number of hydrogen-bond acceptors (Lipinski definition) is 2. The van der Waals surface area contributed by atoms with E-state index in [1.54, 1.807) is 12.4 Å². The molecule has 1 amide bonds. The molecule has 0 saturated carbocycles. The Labute approximate surface area is 103 Å². The molecule has 1 aromatic carbocycles. The largest absolute Gasteiger partial charge is 0.361 e. The molecule has 0 aliphatic heterocycles. The molecule has 0 saturated heterocycles. The number of aromatic amines is 2. The molecule has 0 radical (unpaired) electrons. The van der Waals surface area contributed by atoms with Gasteiger partial charge < -0.3 is 9.97 Å². The van der Waals surface area contributed by atoms with Gasteiger partial charge in [-0.2, -0.15) is 0 Å². The Morgan fingerprint density at radius 2 is 2.17 bits per heavy atom. The molecule has 2 aromatic heterocycles. The van der Waals surface area contributed by atoms with Crippen LogP contribution in [0.5, 0.6) is 0 Å². The van der Waals surface area contributed by atoms with E-state index in [1.807, 2.05) is 30.5 Å². The summed E-state index contributed by atoms with van der Waals surface area (Å²) in [4.78, 5) is 21.7. The van der Waals surface area contributed by atoms with Crippen LogP contribution in [0.2, 0.25) is 0 Å². The van der Waals surface area contributed by atoms with E-state index >= 15 is 0 Å². The highest BCUT2D eigenvalue weighted by Gasteiger charge is 2.06. The zero-order valence-electron chi connectivity index (χ0n) is 9.60. The van der Waals surface area contributed by atoms with Crippen LogP contribution >= 0.6 is 0 Å². The van der Waals surface area contributed by atoms with E-state index in [9.17, 15) is 4.79 Å². The number of amides is 1. The Kier molecular flexibility index (Phi) is 2.57. The van der Waals surface area contributed by atoms with E-state index in [4.69, 9.17) is 0 Å². The highest BCUT2D eigenvalue weighted by molar-refractivity contribution is 5.91. The number of carbonyl (C=O) groups excluding carboxylic acids is 1. The first-order valence-electron chi connectivity index (χ1n) is 5.66. The highest BCUT2D eigenvalue weighted by atomic mass is 16.1. The van der Waals surface area contributed by atoms with Crippen LogP contribution in [0.1, 0.15) is 5.56 Å². The van der Waals surface area contributed by atoms with Gasteiger partial charge in [0.15, 0.2) is 0 Å². The van der Waals surface area contributed by atoms with Crippen LogP contribution in [0.15, 0.2) is 42.9 Å². The molecule has 18 heavy (non-hydrogen) atoms. The molecular formula is C13H12N4O. The Morgan fingerprint density at radius 1 is 1.22 bits per heavy atom. The first-order chi connectivity index (χ1) is 8.81. The third-order valence-corrected chi connectivity index (χ3v) is 2.74. The highest BCUT2D eigenvalue weighted by Crippen LogP contribution is 2.14. The van der Waals surface area contributed by atoms with Crippen LogP contribution in [0, 0.1) is 0 Å².